The maximum absolute atomic E-state index is 11.4. The minimum absolute atomic E-state index is 0.0484. The topological polar surface area (TPSA) is 51.2 Å². The molecule has 0 unspecified atom stereocenters. The maximum atomic E-state index is 11.4. The van der Waals surface area contributed by atoms with Crippen LogP contribution in [-0.2, 0) is 9.53 Å². The monoisotopic (exact) mass is 268 g/mol. The summed E-state index contributed by atoms with van der Waals surface area (Å²) < 4.78 is 4.77. The van der Waals surface area contributed by atoms with Gasteiger partial charge >= 0.3 is 5.97 Å². The SMILES string of the molecule is COC(=O)C1CCC(Nc2ncccc2Cl)CC1. The molecule has 1 fully saturated rings. The van der Waals surface area contributed by atoms with Crippen molar-refractivity contribution in [2.24, 2.45) is 5.92 Å². The molecule has 0 amide bonds. The third-order valence-corrected chi connectivity index (χ3v) is 3.67. The van der Waals surface area contributed by atoms with Gasteiger partial charge in [0.15, 0.2) is 0 Å². The first-order valence-corrected chi connectivity index (χ1v) is 6.53. The average Bonchev–Trinajstić information content (AvgIpc) is 2.41. The number of ether oxygens (including phenoxy) is 1. The molecule has 1 N–H and O–H groups in total. The Kier molecular flexibility index (Phi) is 4.42. The lowest BCUT2D eigenvalue weighted by Crippen LogP contribution is -2.30. The van der Waals surface area contributed by atoms with Crippen molar-refractivity contribution < 1.29 is 9.53 Å². The van der Waals surface area contributed by atoms with Gasteiger partial charge in [-0.15, -0.1) is 0 Å². The molecule has 1 aromatic heterocycles. The van der Waals surface area contributed by atoms with Crippen molar-refractivity contribution in [2.45, 2.75) is 31.7 Å². The van der Waals surface area contributed by atoms with Crippen LogP contribution in [0.15, 0.2) is 18.3 Å². The van der Waals surface area contributed by atoms with E-state index in [9.17, 15) is 4.79 Å². The molecule has 1 aromatic rings. The van der Waals surface area contributed by atoms with Gasteiger partial charge in [0.1, 0.15) is 5.82 Å². The number of pyridine rings is 1. The number of nitrogens with one attached hydrogen (secondary N) is 1. The second-order valence-corrected chi connectivity index (χ2v) is 4.96. The van der Waals surface area contributed by atoms with Gasteiger partial charge in [0, 0.05) is 12.2 Å². The average molecular weight is 269 g/mol. The van der Waals surface area contributed by atoms with Crippen molar-refractivity contribution in [3.8, 4) is 0 Å². The number of hydrogen-bond donors (Lipinski definition) is 1. The van der Waals surface area contributed by atoms with Crippen molar-refractivity contribution in [2.75, 3.05) is 12.4 Å². The van der Waals surface area contributed by atoms with Crippen LogP contribution in [0.4, 0.5) is 5.82 Å². The van der Waals surface area contributed by atoms with Gasteiger partial charge in [-0.3, -0.25) is 4.79 Å². The van der Waals surface area contributed by atoms with Crippen LogP contribution in [0, 0.1) is 5.92 Å². The summed E-state index contributed by atoms with van der Waals surface area (Å²) in [6.07, 6.45) is 5.30. The van der Waals surface area contributed by atoms with Gasteiger partial charge in [-0.2, -0.15) is 0 Å². The van der Waals surface area contributed by atoms with Crippen LogP contribution in [0.25, 0.3) is 0 Å². The van der Waals surface area contributed by atoms with Crippen LogP contribution in [0.3, 0.4) is 0 Å². The number of carbonyl (C=O) groups is 1. The number of hydrogen-bond acceptors (Lipinski definition) is 4. The summed E-state index contributed by atoms with van der Waals surface area (Å²) in [7, 11) is 1.44. The van der Waals surface area contributed by atoms with Crippen LogP contribution in [0.1, 0.15) is 25.7 Å². The van der Waals surface area contributed by atoms with Gasteiger partial charge in [0.2, 0.25) is 0 Å². The molecule has 0 radical (unpaired) electrons. The highest BCUT2D eigenvalue weighted by atomic mass is 35.5. The lowest BCUT2D eigenvalue weighted by Gasteiger charge is -2.28. The van der Waals surface area contributed by atoms with E-state index >= 15 is 0 Å². The zero-order chi connectivity index (χ0) is 13.0. The molecular weight excluding hydrogens is 252 g/mol. The third kappa shape index (κ3) is 3.13. The fourth-order valence-corrected chi connectivity index (χ4v) is 2.50. The van der Waals surface area contributed by atoms with E-state index in [0.29, 0.717) is 11.1 Å². The molecule has 4 nitrogen and oxygen atoms in total. The second-order valence-electron chi connectivity index (χ2n) is 4.55. The summed E-state index contributed by atoms with van der Waals surface area (Å²) in [6.45, 7) is 0. The molecule has 98 valence electrons. The molecule has 1 saturated carbocycles. The molecule has 5 heteroatoms. The van der Waals surface area contributed by atoms with E-state index in [1.807, 2.05) is 12.1 Å². The van der Waals surface area contributed by atoms with Crippen LogP contribution in [0.2, 0.25) is 5.02 Å². The van der Waals surface area contributed by atoms with Crippen LogP contribution >= 0.6 is 11.6 Å². The largest absolute Gasteiger partial charge is 0.469 e. The normalized spacial score (nSPS) is 23.4. The van der Waals surface area contributed by atoms with E-state index in [1.165, 1.54) is 7.11 Å². The summed E-state index contributed by atoms with van der Waals surface area (Å²) >= 11 is 6.05. The summed E-state index contributed by atoms with van der Waals surface area (Å²) in [6, 6.07) is 3.96. The summed E-state index contributed by atoms with van der Waals surface area (Å²) in [5.74, 6) is 0.678. The van der Waals surface area contributed by atoms with Crippen LogP contribution in [-0.4, -0.2) is 24.1 Å². The zero-order valence-corrected chi connectivity index (χ0v) is 11.1. The molecule has 1 heterocycles. The molecule has 1 aliphatic carbocycles. The van der Waals surface area contributed by atoms with Crippen molar-refractivity contribution in [3.63, 3.8) is 0 Å². The third-order valence-electron chi connectivity index (χ3n) is 3.36. The van der Waals surface area contributed by atoms with Crippen LogP contribution in [0.5, 0.6) is 0 Å². The molecular formula is C13H17ClN2O2. The van der Waals surface area contributed by atoms with E-state index in [0.717, 1.165) is 31.5 Å². The highest BCUT2D eigenvalue weighted by molar-refractivity contribution is 6.32. The van der Waals surface area contributed by atoms with Gasteiger partial charge < -0.3 is 10.1 Å². The molecule has 0 saturated heterocycles. The Morgan fingerprint density at radius 3 is 2.78 bits per heavy atom. The predicted molar refractivity (Wildman–Crippen MR) is 70.6 cm³/mol. The highest BCUT2D eigenvalue weighted by Crippen LogP contribution is 2.28. The Morgan fingerprint density at radius 1 is 1.44 bits per heavy atom. The molecule has 0 atom stereocenters. The predicted octanol–water partition coefficient (Wildman–Crippen LogP) is 2.88. The number of methoxy groups -OCH3 is 1. The number of carbonyl (C=O) groups excluding carboxylic acids is 1. The minimum Gasteiger partial charge on any atom is -0.469 e. The lowest BCUT2D eigenvalue weighted by atomic mass is 9.86. The van der Waals surface area contributed by atoms with Crippen molar-refractivity contribution in [1.82, 2.24) is 4.98 Å². The van der Waals surface area contributed by atoms with Gasteiger partial charge in [0.05, 0.1) is 18.1 Å². The molecule has 0 aliphatic heterocycles. The van der Waals surface area contributed by atoms with Crippen molar-refractivity contribution >= 4 is 23.4 Å². The zero-order valence-electron chi connectivity index (χ0n) is 10.4. The number of esters is 1. The Morgan fingerprint density at radius 2 is 2.17 bits per heavy atom. The fraction of sp³-hybridized carbons (Fsp3) is 0.538. The Labute approximate surface area is 112 Å². The number of nitrogens with zero attached hydrogens (tertiary/aromatic N) is 1. The number of halogens is 1. The minimum atomic E-state index is -0.0932. The standard InChI is InChI=1S/C13H17ClN2O2/c1-18-13(17)9-4-6-10(7-5-9)16-12-11(14)3-2-8-15-12/h2-3,8-10H,4-7H2,1H3,(H,15,16). The first-order valence-electron chi connectivity index (χ1n) is 6.15. The lowest BCUT2D eigenvalue weighted by molar-refractivity contribution is -0.146. The molecule has 18 heavy (non-hydrogen) atoms. The quantitative estimate of drug-likeness (QED) is 0.857. The Balaban J connectivity index is 1.87. The molecule has 0 bridgehead atoms. The molecule has 1 aliphatic rings. The number of rotatable bonds is 3. The molecule has 0 spiro atoms. The van der Waals surface area contributed by atoms with Gasteiger partial charge in [-0.05, 0) is 37.8 Å². The molecule has 2 rings (SSSR count). The van der Waals surface area contributed by atoms with Gasteiger partial charge in [-0.1, -0.05) is 11.6 Å². The van der Waals surface area contributed by atoms with Crippen LogP contribution < -0.4 is 5.32 Å². The van der Waals surface area contributed by atoms with E-state index < -0.39 is 0 Å². The van der Waals surface area contributed by atoms with E-state index in [-0.39, 0.29) is 11.9 Å². The summed E-state index contributed by atoms with van der Waals surface area (Å²) in [5.41, 5.74) is 0. The van der Waals surface area contributed by atoms with E-state index in [4.69, 9.17) is 16.3 Å². The number of anilines is 1. The Hall–Kier alpha value is -1.29. The number of aromatic nitrogens is 1. The van der Waals surface area contributed by atoms with Crippen molar-refractivity contribution in [3.05, 3.63) is 23.4 Å². The van der Waals surface area contributed by atoms with Gasteiger partial charge in [-0.25, -0.2) is 4.98 Å². The Bertz CT molecular complexity index is 417. The molecule has 0 aromatic carbocycles. The first-order chi connectivity index (χ1) is 8.70. The van der Waals surface area contributed by atoms with E-state index in [2.05, 4.69) is 10.3 Å². The maximum Gasteiger partial charge on any atom is 0.308 e. The summed E-state index contributed by atoms with van der Waals surface area (Å²) in [5, 5.41) is 3.96. The fourth-order valence-electron chi connectivity index (χ4n) is 2.33. The van der Waals surface area contributed by atoms with E-state index in [1.54, 1.807) is 6.20 Å². The van der Waals surface area contributed by atoms with Crippen molar-refractivity contribution in [1.29, 1.82) is 0 Å². The van der Waals surface area contributed by atoms with Gasteiger partial charge in [0.25, 0.3) is 0 Å². The second kappa shape index (κ2) is 6.05. The smallest absolute Gasteiger partial charge is 0.308 e. The highest BCUT2D eigenvalue weighted by Gasteiger charge is 2.27. The summed E-state index contributed by atoms with van der Waals surface area (Å²) in [4.78, 5) is 15.6. The first kappa shape index (κ1) is 13.1.